The molecule has 2 heterocycles. The van der Waals surface area contributed by atoms with Crippen LogP contribution in [0.1, 0.15) is 17.7 Å². The molecule has 1 atom stereocenters. The van der Waals surface area contributed by atoms with Crippen molar-refractivity contribution in [3.63, 3.8) is 0 Å². The number of hydrogen-bond donors (Lipinski definition) is 0. The number of furan rings is 1. The lowest BCUT2D eigenvalue weighted by Crippen LogP contribution is -2.39. The molecule has 2 aromatic rings. The molecular formula is C18H18ClNO4S. The van der Waals surface area contributed by atoms with E-state index in [1.54, 1.807) is 35.2 Å². The zero-order chi connectivity index (χ0) is 17.9. The second kappa shape index (κ2) is 7.45. The minimum atomic E-state index is -3.09. The van der Waals surface area contributed by atoms with Gasteiger partial charge in [0.1, 0.15) is 5.76 Å². The van der Waals surface area contributed by atoms with E-state index >= 15 is 0 Å². The highest BCUT2D eigenvalue weighted by Gasteiger charge is 2.34. The number of carbonyl (C=O) groups is 1. The molecule has 0 N–H and O–H groups in total. The van der Waals surface area contributed by atoms with Crippen LogP contribution in [0.3, 0.4) is 0 Å². The van der Waals surface area contributed by atoms with Gasteiger partial charge in [-0.05, 0) is 42.3 Å². The van der Waals surface area contributed by atoms with E-state index in [9.17, 15) is 13.2 Å². The van der Waals surface area contributed by atoms with Gasteiger partial charge in [-0.2, -0.15) is 0 Å². The molecular weight excluding hydrogens is 362 g/mol. The second-order valence-corrected chi connectivity index (χ2v) is 8.65. The van der Waals surface area contributed by atoms with Gasteiger partial charge in [-0.25, -0.2) is 8.42 Å². The van der Waals surface area contributed by atoms with E-state index in [1.165, 1.54) is 12.3 Å². The van der Waals surface area contributed by atoms with Gasteiger partial charge in [0.2, 0.25) is 5.91 Å². The Labute approximate surface area is 151 Å². The van der Waals surface area contributed by atoms with Gasteiger partial charge in [0, 0.05) is 17.1 Å². The quantitative estimate of drug-likeness (QED) is 0.748. The van der Waals surface area contributed by atoms with Crippen LogP contribution in [0.2, 0.25) is 5.02 Å². The molecule has 1 saturated heterocycles. The maximum Gasteiger partial charge on any atom is 0.247 e. The van der Waals surface area contributed by atoms with E-state index < -0.39 is 9.84 Å². The van der Waals surface area contributed by atoms with Gasteiger partial charge in [0.25, 0.3) is 0 Å². The van der Waals surface area contributed by atoms with Crippen molar-refractivity contribution in [3.8, 4) is 0 Å². The molecule has 0 aliphatic carbocycles. The SMILES string of the molecule is O=C(/C=C/c1ccc(Cl)cc1)N(Cc1ccco1)C1CCS(=O)(=O)C1. The largest absolute Gasteiger partial charge is 0.467 e. The summed E-state index contributed by atoms with van der Waals surface area (Å²) in [5.74, 6) is 0.486. The van der Waals surface area contributed by atoms with Crippen LogP contribution in [-0.2, 0) is 21.2 Å². The molecule has 0 spiro atoms. The van der Waals surface area contributed by atoms with Crippen LogP contribution in [0.5, 0.6) is 0 Å². The molecule has 1 aliphatic rings. The molecule has 25 heavy (non-hydrogen) atoms. The number of sulfone groups is 1. The lowest BCUT2D eigenvalue weighted by atomic mass is 10.2. The van der Waals surface area contributed by atoms with Crippen molar-refractivity contribution in [2.75, 3.05) is 11.5 Å². The van der Waals surface area contributed by atoms with Crippen molar-refractivity contribution in [2.45, 2.75) is 19.0 Å². The fraction of sp³-hybridized carbons (Fsp3) is 0.278. The average Bonchev–Trinajstić information content (AvgIpc) is 3.21. The molecule has 5 nitrogen and oxygen atoms in total. The smallest absolute Gasteiger partial charge is 0.247 e. The van der Waals surface area contributed by atoms with Crippen molar-refractivity contribution in [2.24, 2.45) is 0 Å². The topological polar surface area (TPSA) is 67.6 Å². The highest BCUT2D eigenvalue weighted by Crippen LogP contribution is 2.21. The predicted molar refractivity (Wildman–Crippen MR) is 96.8 cm³/mol. The lowest BCUT2D eigenvalue weighted by Gasteiger charge is -2.26. The maximum atomic E-state index is 12.7. The normalized spacial score (nSPS) is 19.3. The van der Waals surface area contributed by atoms with Gasteiger partial charge >= 0.3 is 0 Å². The van der Waals surface area contributed by atoms with Crippen LogP contribution in [0.4, 0.5) is 0 Å². The Kier molecular flexibility index (Phi) is 5.30. The van der Waals surface area contributed by atoms with Crippen LogP contribution in [0.25, 0.3) is 6.08 Å². The number of amides is 1. The fourth-order valence-corrected chi connectivity index (χ4v) is 4.67. The van der Waals surface area contributed by atoms with E-state index in [4.69, 9.17) is 16.0 Å². The van der Waals surface area contributed by atoms with Crippen LogP contribution < -0.4 is 0 Å². The molecule has 3 rings (SSSR count). The van der Waals surface area contributed by atoms with E-state index in [2.05, 4.69) is 0 Å². The molecule has 1 fully saturated rings. The summed E-state index contributed by atoms with van der Waals surface area (Å²) in [4.78, 5) is 14.2. The number of carbonyl (C=O) groups excluding carboxylic acids is 1. The Morgan fingerprint density at radius 2 is 2.04 bits per heavy atom. The Morgan fingerprint density at radius 1 is 1.28 bits per heavy atom. The van der Waals surface area contributed by atoms with E-state index in [1.807, 2.05) is 12.1 Å². The first kappa shape index (κ1) is 17.8. The first-order valence-corrected chi connectivity index (χ1v) is 10.1. The van der Waals surface area contributed by atoms with Crippen molar-refractivity contribution in [1.29, 1.82) is 0 Å². The summed E-state index contributed by atoms with van der Waals surface area (Å²) in [6, 6.07) is 10.3. The Hall–Kier alpha value is -2.05. The third-order valence-electron chi connectivity index (χ3n) is 4.13. The van der Waals surface area contributed by atoms with Gasteiger partial charge in [0.15, 0.2) is 9.84 Å². The standard InChI is InChI=1S/C18H18ClNO4S/c19-15-6-3-14(4-7-15)5-8-18(21)20(12-17-2-1-10-24-17)16-9-11-25(22,23)13-16/h1-8,10,16H,9,11-13H2/b8-5+. The fourth-order valence-electron chi connectivity index (χ4n) is 2.82. The first-order chi connectivity index (χ1) is 11.9. The minimum Gasteiger partial charge on any atom is -0.467 e. The van der Waals surface area contributed by atoms with E-state index in [0.717, 1.165) is 5.56 Å². The van der Waals surface area contributed by atoms with Crippen molar-refractivity contribution in [3.05, 3.63) is 65.1 Å². The molecule has 7 heteroatoms. The van der Waals surface area contributed by atoms with E-state index in [-0.39, 0.29) is 30.0 Å². The van der Waals surface area contributed by atoms with Crippen LogP contribution in [0, 0.1) is 0 Å². The summed E-state index contributed by atoms with van der Waals surface area (Å²) in [6.07, 6.45) is 5.13. The van der Waals surface area contributed by atoms with Crippen molar-refractivity contribution in [1.82, 2.24) is 4.90 Å². The van der Waals surface area contributed by atoms with Crippen LogP contribution in [-0.4, -0.2) is 36.8 Å². The summed E-state index contributed by atoms with van der Waals surface area (Å²) in [6.45, 7) is 0.247. The van der Waals surface area contributed by atoms with Crippen LogP contribution >= 0.6 is 11.6 Å². The number of nitrogens with zero attached hydrogens (tertiary/aromatic N) is 1. The average molecular weight is 380 g/mol. The molecule has 1 unspecified atom stereocenters. The van der Waals surface area contributed by atoms with Crippen molar-refractivity contribution < 1.29 is 17.6 Å². The second-order valence-electron chi connectivity index (χ2n) is 5.99. The molecule has 0 radical (unpaired) electrons. The number of hydrogen-bond acceptors (Lipinski definition) is 4. The monoisotopic (exact) mass is 379 g/mol. The zero-order valence-corrected chi connectivity index (χ0v) is 15.0. The number of halogens is 1. The predicted octanol–water partition coefficient (Wildman–Crippen LogP) is 3.16. The third-order valence-corrected chi connectivity index (χ3v) is 6.13. The summed E-state index contributed by atoms with van der Waals surface area (Å²) < 4.78 is 28.9. The van der Waals surface area contributed by atoms with Gasteiger partial charge in [-0.15, -0.1) is 0 Å². The van der Waals surface area contributed by atoms with Crippen LogP contribution in [0.15, 0.2) is 53.2 Å². The third kappa shape index (κ3) is 4.74. The van der Waals surface area contributed by atoms with Crippen molar-refractivity contribution >= 4 is 33.4 Å². The molecule has 1 aliphatic heterocycles. The summed E-state index contributed by atoms with van der Waals surface area (Å²) in [7, 11) is -3.09. The summed E-state index contributed by atoms with van der Waals surface area (Å²) >= 11 is 5.85. The number of benzene rings is 1. The Balaban J connectivity index is 1.78. The summed E-state index contributed by atoms with van der Waals surface area (Å²) in [5, 5.41) is 0.624. The summed E-state index contributed by atoms with van der Waals surface area (Å²) in [5.41, 5.74) is 0.842. The molecule has 1 aromatic heterocycles. The first-order valence-electron chi connectivity index (χ1n) is 7.90. The zero-order valence-electron chi connectivity index (χ0n) is 13.5. The molecule has 132 valence electrons. The van der Waals surface area contributed by atoms with E-state index in [0.29, 0.717) is 17.2 Å². The molecule has 1 amide bonds. The lowest BCUT2D eigenvalue weighted by molar-refractivity contribution is -0.128. The highest BCUT2D eigenvalue weighted by molar-refractivity contribution is 7.91. The van der Waals surface area contributed by atoms with Gasteiger partial charge in [-0.1, -0.05) is 23.7 Å². The molecule has 1 aromatic carbocycles. The Bertz CT molecular complexity index is 857. The Morgan fingerprint density at radius 3 is 2.64 bits per heavy atom. The minimum absolute atomic E-state index is 0.00572. The van der Waals surface area contributed by atoms with Gasteiger partial charge in [0.05, 0.1) is 24.3 Å². The highest BCUT2D eigenvalue weighted by atomic mass is 35.5. The molecule has 0 saturated carbocycles. The van der Waals surface area contributed by atoms with Gasteiger partial charge in [-0.3, -0.25) is 4.79 Å². The number of rotatable bonds is 5. The molecule has 0 bridgehead atoms. The maximum absolute atomic E-state index is 12.7. The van der Waals surface area contributed by atoms with Gasteiger partial charge < -0.3 is 9.32 Å².